The highest BCUT2D eigenvalue weighted by Gasteiger charge is 2.37. The van der Waals surface area contributed by atoms with E-state index in [-0.39, 0.29) is 17.7 Å². The maximum Gasteiger partial charge on any atom is 0.294 e. The molecular formula is C28H27N3O3S. The fourth-order valence-corrected chi connectivity index (χ4v) is 5.57. The predicted molar refractivity (Wildman–Crippen MR) is 139 cm³/mol. The van der Waals surface area contributed by atoms with Crippen molar-refractivity contribution in [3.8, 4) is 16.8 Å². The van der Waals surface area contributed by atoms with Crippen LogP contribution in [0.25, 0.3) is 22.9 Å². The Hall–Kier alpha value is -3.58. The number of benzene rings is 2. The van der Waals surface area contributed by atoms with Crippen LogP contribution in [0.5, 0.6) is 0 Å². The van der Waals surface area contributed by atoms with E-state index >= 15 is 0 Å². The van der Waals surface area contributed by atoms with Gasteiger partial charge in [-0.25, -0.2) is 0 Å². The molecule has 0 unspecified atom stereocenters. The Morgan fingerprint density at radius 3 is 2.29 bits per heavy atom. The number of nitrogens with zero attached hydrogens (tertiary/aromatic N) is 3. The molecule has 178 valence electrons. The van der Waals surface area contributed by atoms with Crippen LogP contribution in [0.15, 0.2) is 65.6 Å². The molecule has 0 spiro atoms. The van der Waals surface area contributed by atoms with Crippen molar-refractivity contribution >= 4 is 34.9 Å². The Kier molecular flexibility index (Phi) is 6.34. The summed E-state index contributed by atoms with van der Waals surface area (Å²) in [5, 5.41) is -0.390. The molecule has 0 radical (unpaired) electrons. The SMILES string of the molecule is Cc1cc(/C=C2\SC(=O)N(CC(=O)N3CCCC3)C2=O)c(C)n1-c1ccc(-c2ccccc2)cc1. The maximum atomic E-state index is 13.0. The summed E-state index contributed by atoms with van der Waals surface area (Å²) >= 11 is 0.899. The van der Waals surface area contributed by atoms with Gasteiger partial charge in [-0.3, -0.25) is 19.3 Å². The van der Waals surface area contributed by atoms with Crippen molar-refractivity contribution in [2.75, 3.05) is 19.6 Å². The molecule has 3 heterocycles. The Bertz CT molecular complexity index is 1320. The average molecular weight is 486 g/mol. The topological polar surface area (TPSA) is 62.6 Å². The largest absolute Gasteiger partial charge is 0.341 e. The Morgan fingerprint density at radius 1 is 0.943 bits per heavy atom. The van der Waals surface area contributed by atoms with Crippen molar-refractivity contribution in [2.45, 2.75) is 26.7 Å². The molecule has 0 bridgehead atoms. The van der Waals surface area contributed by atoms with Crippen molar-refractivity contribution in [1.82, 2.24) is 14.4 Å². The van der Waals surface area contributed by atoms with Crippen molar-refractivity contribution in [2.24, 2.45) is 0 Å². The van der Waals surface area contributed by atoms with Crippen LogP contribution in [0.4, 0.5) is 4.79 Å². The first kappa shape index (κ1) is 23.2. The van der Waals surface area contributed by atoms with E-state index in [0.29, 0.717) is 18.0 Å². The zero-order valence-corrected chi connectivity index (χ0v) is 20.7. The van der Waals surface area contributed by atoms with Crippen LogP contribution in [0.3, 0.4) is 0 Å². The van der Waals surface area contributed by atoms with Gasteiger partial charge in [-0.2, -0.15) is 0 Å². The van der Waals surface area contributed by atoms with E-state index in [1.54, 1.807) is 11.0 Å². The molecule has 0 aliphatic carbocycles. The predicted octanol–water partition coefficient (Wildman–Crippen LogP) is 5.42. The highest BCUT2D eigenvalue weighted by molar-refractivity contribution is 8.18. The summed E-state index contributed by atoms with van der Waals surface area (Å²) in [6.45, 7) is 5.24. The van der Waals surface area contributed by atoms with Gasteiger partial charge in [0.1, 0.15) is 6.54 Å². The molecule has 35 heavy (non-hydrogen) atoms. The molecular weight excluding hydrogens is 458 g/mol. The standard InChI is InChI=1S/C28H27N3O3S/c1-19-16-23(17-25-27(33)30(28(34)35-25)18-26(32)29-14-6-7-15-29)20(2)31(19)24-12-10-22(11-13-24)21-8-4-3-5-9-21/h3-5,8-13,16-17H,6-7,14-15,18H2,1-2H3/b25-17-. The number of likely N-dealkylation sites (tertiary alicyclic amines) is 1. The molecule has 2 aromatic carbocycles. The van der Waals surface area contributed by atoms with E-state index in [1.165, 1.54) is 5.56 Å². The van der Waals surface area contributed by atoms with Crippen LogP contribution in [0, 0.1) is 13.8 Å². The lowest BCUT2D eigenvalue weighted by molar-refractivity contribution is -0.135. The first-order chi connectivity index (χ1) is 16.9. The molecule has 2 saturated heterocycles. The highest BCUT2D eigenvalue weighted by atomic mass is 32.2. The number of aromatic nitrogens is 1. The average Bonchev–Trinajstić information content (AvgIpc) is 3.56. The molecule has 7 heteroatoms. The monoisotopic (exact) mass is 485 g/mol. The summed E-state index contributed by atoms with van der Waals surface area (Å²) in [5.74, 6) is -0.562. The van der Waals surface area contributed by atoms with Crippen LogP contribution in [-0.4, -0.2) is 51.1 Å². The molecule has 2 fully saturated rings. The Morgan fingerprint density at radius 2 is 1.60 bits per heavy atom. The normalized spacial score (nSPS) is 17.1. The van der Waals surface area contributed by atoms with Gasteiger partial charge in [-0.15, -0.1) is 0 Å². The van der Waals surface area contributed by atoms with Crippen LogP contribution in [0.1, 0.15) is 29.8 Å². The number of imide groups is 1. The lowest BCUT2D eigenvalue weighted by Crippen LogP contribution is -2.40. The number of rotatable bonds is 5. The number of carbonyl (C=O) groups is 3. The minimum Gasteiger partial charge on any atom is -0.341 e. The van der Waals surface area contributed by atoms with Crippen molar-refractivity contribution < 1.29 is 14.4 Å². The smallest absolute Gasteiger partial charge is 0.294 e. The molecule has 0 saturated carbocycles. The summed E-state index contributed by atoms with van der Waals surface area (Å²) in [5.41, 5.74) is 6.24. The summed E-state index contributed by atoms with van der Waals surface area (Å²) in [7, 11) is 0. The van der Waals surface area contributed by atoms with Crippen molar-refractivity contribution in [1.29, 1.82) is 0 Å². The molecule has 3 amide bonds. The summed E-state index contributed by atoms with van der Waals surface area (Å²) in [6.07, 6.45) is 3.71. The van der Waals surface area contributed by atoms with Gasteiger partial charge in [-0.1, -0.05) is 42.5 Å². The molecule has 2 aliphatic heterocycles. The fraction of sp³-hybridized carbons (Fsp3) is 0.250. The molecule has 5 rings (SSSR count). The summed E-state index contributed by atoms with van der Waals surface area (Å²) in [4.78, 5) is 41.1. The van der Waals surface area contributed by atoms with Crippen LogP contribution < -0.4 is 0 Å². The van der Waals surface area contributed by atoms with Gasteiger partial charge in [-0.05, 0) is 79.4 Å². The van der Waals surface area contributed by atoms with Crippen molar-refractivity contribution in [3.63, 3.8) is 0 Å². The number of amides is 3. The van der Waals surface area contributed by atoms with Gasteiger partial charge < -0.3 is 9.47 Å². The van der Waals surface area contributed by atoms with Crippen molar-refractivity contribution in [3.05, 3.63) is 82.5 Å². The molecule has 1 aromatic heterocycles. The van der Waals surface area contributed by atoms with Gasteiger partial charge in [0.15, 0.2) is 0 Å². The molecule has 0 atom stereocenters. The lowest BCUT2D eigenvalue weighted by Gasteiger charge is -2.18. The van der Waals surface area contributed by atoms with Gasteiger partial charge in [0.25, 0.3) is 11.1 Å². The number of thioether (sulfide) groups is 1. The second-order valence-electron chi connectivity index (χ2n) is 8.93. The van der Waals surface area contributed by atoms with E-state index in [2.05, 4.69) is 41.0 Å². The van der Waals surface area contributed by atoms with Gasteiger partial charge in [0.2, 0.25) is 5.91 Å². The number of carbonyl (C=O) groups excluding carboxylic acids is 3. The molecule has 0 N–H and O–H groups in total. The molecule has 6 nitrogen and oxygen atoms in total. The zero-order valence-electron chi connectivity index (χ0n) is 19.9. The minimum absolute atomic E-state index is 0.164. The van der Waals surface area contributed by atoms with Crippen LogP contribution >= 0.6 is 11.8 Å². The number of hydrogen-bond acceptors (Lipinski definition) is 4. The summed E-state index contributed by atoms with van der Waals surface area (Å²) in [6, 6.07) is 20.6. The van der Waals surface area contributed by atoms with E-state index in [9.17, 15) is 14.4 Å². The third-order valence-corrected chi connectivity index (χ3v) is 7.52. The van der Waals surface area contributed by atoms with Gasteiger partial charge >= 0.3 is 0 Å². The van der Waals surface area contributed by atoms with E-state index in [4.69, 9.17) is 0 Å². The first-order valence-electron chi connectivity index (χ1n) is 11.8. The number of aryl methyl sites for hydroxylation is 1. The molecule has 2 aliphatic rings. The van der Waals surface area contributed by atoms with Gasteiger partial charge in [0, 0.05) is 30.2 Å². The maximum absolute atomic E-state index is 13.0. The van der Waals surface area contributed by atoms with E-state index in [1.807, 2.05) is 38.1 Å². The lowest BCUT2D eigenvalue weighted by atomic mass is 10.1. The second-order valence-corrected chi connectivity index (χ2v) is 9.92. The second kappa shape index (κ2) is 9.58. The quantitative estimate of drug-likeness (QED) is 0.453. The summed E-state index contributed by atoms with van der Waals surface area (Å²) < 4.78 is 2.14. The first-order valence-corrected chi connectivity index (χ1v) is 12.6. The fourth-order valence-electron chi connectivity index (χ4n) is 4.74. The van der Waals surface area contributed by atoms with Crippen LogP contribution in [-0.2, 0) is 9.59 Å². The third-order valence-electron chi connectivity index (χ3n) is 6.62. The van der Waals surface area contributed by atoms with Crippen LogP contribution in [0.2, 0.25) is 0 Å². The van der Waals surface area contributed by atoms with Gasteiger partial charge in [0.05, 0.1) is 4.91 Å². The Balaban J connectivity index is 1.37. The third kappa shape index (κ3) is 4.56. The van der Waals surface area contributed by atoms with E-state index in [0.717, 1.165) is 57.7 Å². The Labute approximate surface area is 209 Å². The number of hydrogen-bond donors (Lipinski definition) is 0. The minimum atomic E-state index is -0.399. The highest BCUT2D eigenvalue weighted by Crippen LogP contribution is 2.34. The van der Waals surface area contributed by atoms with E-state index < -0.39 is 5.91 Å². The molecule has 3 aromatic rings. The zero-order chi connectivity index (χ0) is 24.5.